The van der Waals surface area contributed by atoms with Gasteiger partial charge in [0.25, 0.3) is 0 Å². The van der Waals surface area contributed by atoms with Crippen LogP contribution >= 0.6 is 11.6 Å². The lowest BCUT2D eigenvalue weighted by Gasteiger charge is -2.42. The third-order valence-electron chi connectivity index (χ3n) is 4.78. The third kappa shape index (κ3) is 2.28. The van der Waals surface area contributed by atoms with Gasteiger partial charge >= 0.3 is 0 Å². The molecule has 1 amide bonds. The molecule has 0 radical (unpaired) electrons. The zero-order chi connectivity index (χ0) is 16.0. The summed E-state index contributed by atoms with van der Waals surface area (Å²) in [5, 5.41) is 0.665. The van der Waals surface area contributed by atoms with Crippen molar-refractivity contribution in [2.24, 2.45) is 5.92 Å². The fourth-order valence-electron chi connectivity index (χ4n) is 3.82. The highest BCUT2D eigenvalue weighted by Crippen LogP contribution is 2.53. The van der Waals surface area contributed by atoms with Crippen molar-refractivity contribution in [3.8, 4) is 0 Å². The first-order valence-corrected chi connectivity index (χ1v) is 8.35. The van der Waals surface area contributed by atoms with Crippen LogP contribution in [0.25, 0.3) is 0 Å². The van der Waals surface area contributed by atoms with Crippen LogP contribution in [0.4, 0.5) is 5.69 Å². The van der Waals surface area contributed by atoms with E-state index in [2.05, 4.69) is 0 Å². The Morgan fingerprint density at radius 1 is 1.39 bits per heavy atom. The van der Waals surface area contributed by atoms with Crippen LogP contribution in [0.1, 0.15) is 43.2 Å². The van der Waals surface area contributed by atoms with Gasteiger partial charge in [-0.3, -0.25) is 4.79 Å². The highest BCUT2D eigenvalue weighted by molar-refractivity contribution is 6.30. The van der Waals surface area contributed by atoms with Gasteiger partial charge in [-0.1, -0.05) is 18.5 Å². The average Bonchev–Trinajstić information content (AvgIpc) is 3.24. The number of anilines is 1. The molecule has 2 aliphatic heterocycles. The Hall–Kier alpha value is -1.78. The first-order valence-electron chi connectivity index (χ1n) is 7.97. The summed E-state index contributed by atoms with van der Waals surface area (Å²) >= 11 is 6.19. The number of carbonyl (C=O) groups excluding carboxylic acids is 1. The van der Waals surface area contributed by atoms with E-state index in [4.69, 9.17) is 20.8 Å². The molecule has 120 valence electrons. The summed E-state index contributed by atoms with van der Waals surface area (Å²) in [6.45, 7) is 2.57. The number of hydrogen-bond donors (Lipinski definition) is 0. The molecule has 4 nitrogen and oxygen atoms in total. The van der Waals surface area contributed by atoms with Gasteiger partial charge in [0.1, 0.15) is 11.8 Å². The lowest BCUT2D eigenvalue weighted by molar-refractivity contribution is -0.119. The van der Waals surface area contributed by atoms with Gasteiger partial charge in [-0.05, 0) is 36.8 Å². The molecule has 0 spiro atoms. The zero-order valence-electron chi connectivity index (χ0n) is 12.9. The summed E-state index contributed by atoms with van der Waals surface area (Å²) in [4.78, 5) is 14.6. The van der Waals surface area contributed by atoms with Crippen molar-refractivity contribution in [1.29, 1.82) is 0 Å². The van der Waals surface area contributed by atoms with Crippen LogP contribution in [-0.4, -0.2) is 12.5 Å². The maximum Gasteiger partial charge on any atom is 0.227 e. The minimum absolute atomic E-state index is 0.0419. The number of fused-ring (bicyclic) bond motifs is 3. The summed E-state index contributed by atoms with van der Waals surface area (Å²) in [5.74, 6) is 1.08. The van der Waals surface area contributed by atoms with Gasteiger partial charge < -0.3 is 14.1 Å². The topological polar surface area (TPSA) is 42.7 Å². The van der Waals surface area contributed by atoms with Crippen LogP contribution in [0, 0.1) is 5.92 Å². The van der Waals surface area contributed by atoms with E-state index in [-0.39, 0.29) is 24.0 Å². The lowest BCUT2D eigenvalue weighted by atomic mass is 9.81. The molecule has 1 fully saturated rings. The summed E-state index contributed by atoms with van der Waals surface area (Å²) in [5.41, 5.74) is 1.88. The molecule has 3 heterocycles. The first kappa shape index (κ1) is 14.8. The first-order chi connectivity index (χ1) is 11.2. The quantitative estimate of drug-likeness (QED) is 0.813. The van der Waals surface area contributed by atoms with Crippen molar-refractivity contribution >= 4 is 23.2 Å². The zero-order valence-corrected chi connectivity index (χ0v) is 13.6. The van der Waals surface area contributed by atoms with Gasteiger partial charge in [-0.2, -0.15) is 0 Å². The summed E-state index contributed by atoms with van der Waals surface area (Å²) in [6.07, 6.45) is 2.96. The number of nitrogens with zero attached hydrogens (tertiary/aromatic N) is 1. The second-order valence-electron chi connectivity index (χ2n) is 6.02. The molecule has 0 saturated carbocycles. The number of furan rings is 1. The molecule has 4 rings (SSSR count). The third-order valence-corrected chi connectivity index (χ3v) is 5.02. The molecule has 1 aromatic heterocycles. The largest absolute Gasteiger partial charge is 0.467 e. The Labute approximate surface area is 140 Å². The standard InChI is InChI=1S/C18H18ClNO3/c1-2-16(21)20-14-6-5-11(19)10-13(14)18-12(7-9-23-18)17(20)15-4-3-8-22-15/h3-6,8,10,12,17-18H,2,7,9H2,1H3/t12-,17+,18+/m1/s1. The smallest absolute Gasteiger partial charge is 0.227 e. The minimum Gasteiger partial charge on any atom is -0.467 e. The molecule has 3 atom stereocenters. The van der Waals surface area contributed by atoms with Gasteiger partial charge in [-0.15, -0.1) is 0 Å². The van der Waals surface area contributed by atoms with Crippen molar-refractivity contribution < 1.29 is 13.9 Å². The second kappa shape index (κ2) is 5.69. The maximum absolute atomic E-state index is 12.7. The molecule has 0 unspecified atom stereocenters. The van der Waals surface area contributed by atoms with Gasteiger partial charge in [0.15, 0.2) is 0 Å². The highest BCUT2D eigenvalue weighted by Gasteiger charge is 2.48. The van der Waals surface area contributed by atoms with Crippen molar-refractivity contribution in [1.82, 2.24) is 0 Å². The van der Waals surface area contributed by atoms with E-state index in [1.54, 1.807) is 6.26 Å². The fraction of sp³-hybridized carbons (Fsp3) is 0.389. The number of halogens is 1. The van der Waals surface area contributed by atoms with Gasteiger partial charge in [0.05, 0.1) is 18.1 Å². The highest BCUT2D eigenvalue weighted by atomic mass is 35.5. The lowest BCUT2D eigenvalue weighted by Crippen LogP contribution is -2.43. The molecule has 2 aliphatic rings. The summed E-state index contributed by atoms with van der Waals surface area (Å²) < 4.78 is 11.7. The van der Waals surface area contributed by atoms with Crippen LogP contribution in [0.3, 0.4) is 0 Å². The second-order valence-corrected chi connectivity index (χ2v) is 6.46. The number of rotatable bonds is 2. The number of amides is 1. The van der Waals surface area contributed by atoms with E-state index in [0.717, 1.165) is 23.4 Å². The SMILES string of the molecule is CCC(=O)N1c2ccc(Cl)cc2[C@H]2OCC[C@@H]2[C@H]1c1ccco1. The molecule has 1 saturated heterocycles. The van der Waals surface area contributed by atoms with E-state index in [0.29, 0.717) is 18.1 Å². The van der Waals surface area contributed by atoms with Gasteiger partial charge in [0.2, 0.25) is 5.91 Å². The van der Waals surface area contributed by atoms with E-state index >= 15 is 0 Å². The monoisotopic (exact) mass is 331 g/mol. The molecule has 0 N–H and O–H groups in total. The molecular formula is C18H18ClNO3. The predicted molar refractivity (Wildman–Crippen MR) is 87.5 cm³/mol. The Kier molecular flexibility index (Phi) is 3.66. The van der Waals surface area contributed by atoms with E-state index in [9.17, 15) is 4.79 Å². The minimum atomic E-state index is -0.126. The Balaban J connectivity index is 1.91. The number of benzene rings is 1. The van der Waals surface area contributed by atoms with Crippen molar-refractivity contribution in [2.45, 2.75) is 31.9 Å². The molecule has 0 bridgehead atoms. The van der Waals surface area contributed by atoms with Crippen LogP contribution in [0.2, 0.25) is 5.02 Å². The van der Waals surface area contributed by atoms with Crippen molar-refractivity contribution in [3.63, 3.8) is 0 Å². The average molecular weight is 332 g/mol. The molecule has 23 heavy (non-hydrogen) atoms. The van der Waals surface area contributed by atoms with Crippen molar-refractivity contribution in [2.75, 3.05) is 11.5 Å². The number of hydrogen-bond acceptors (Lipinski definition) is 3. The maximum atomic E-state index is 12.7. The Morgan fingerprint density at radius 3 is 3.00 bits per heavy atom. The van der Waals surface area contributed by atoms with E-state index in [1.165, 1.54) is 0 Å². The normalized spacial score (nSPS) is 26.0. The molecular weight excluding hydrogens is 314 g/mol. The summed E-state index contributed by atoms with van der Waals surface area (Å²) in [6, 6.07) is 9.35. The molecule has 5 heteroatoms. The summed E-state index contributed by atoms with van der Waals surface area (Å²) in [7, 11) is 0. The van der Waals surface area contributed by atoms with E-state index < -0.39 is 0 Å². The Bertz CT molecular complexity index is 728. The fourth-order valence-corrected chi connectivity index (χ4v) is 4.00. The van der Waals surface area contributed by atoms with Crippen LogP contribution in [-0.2, 0) is 9.53 Å². The van der Waals surface area contributed by atoms with Gasteiger partial charge in [-0.25, -0.2) is 0 Å². The molecule has 1 aromatic carbocycles. The van der Waals surface area contributed by atoms with Crippen LogP contribution in [0.5, 0.6) is 0 Å². The van der Waals surface area contributed by atoms with Crippen LogP contribution < -0.4 is 4.90 Å². The predicted octanol–water partition coefficient (Wildman–Crippen LogP) is 4.51. The molecule has 0 aliphatic carbocycles. The van der Waals surface area contributed by atoms with Crippen molar-refractivity contribution in [3.05, 3.63) is 52.9 Å². The van der Waals surface area contributed by atoms with E-state index in [1.807, 2.05) is 42.2 Å². The number of carbonyl (C=O) groups is 1. The Morgan fingerprint density at radius 2 is 2.26 bits per heavy atom. The van der Waals surface area contributed by atoms with Crippen LogP contribution in [0.15, 0.2) is 41.0 Å². The van der Waals surface area contributed by atoms with Gasteiger partial charge in [0, 0.05) is 29.5 Å². The molecule has 2 aromatic rings. The number of ether oxygens (including phenoxy) is 1.